The number of carbonyl (C=O) groups excluding carboxylic acids is 1. The number of benzene rings is 1. The molecule has 1 amide bonds. The molecule has 0 saturated carbocycles. The minimum absolute atomic E-state index is 0.0316. The summed E-state index contributed by atoms with van der Waals surface area (Å²) >= 11 is 0. The van der Waals surface area contributed by atoms with E-state index in [1.54, 1.807) is 24.3 Å². The Hall–Kier alpha value is -1.60. The van der Waals surface area contributed by atoms with Gasteiger partial charge in [-0.1, -0.05) is 0 Å². The van der Waals surface area contributed by atoms with Gasteiger partial charge in [-0.15, -0.1) is 0 Å². The van der Waals surface area contributed by atoms with Crippen molar-refractivity contribution < 1.29 is 17.9 Å². The molecule has 0 aromatic heterocycles. The Morgan fingerprint density at radius 3 is 2.52 bits per heavy atom. The molecule has 3 rings (SSSR count). The van der Waals surface area contributed by atoms with Gasteiger partial charge in [0.15, 0.2) is 0 Å². The van der Waals surface area contributed by atoms with E-state index >= 15 is 0 Å². The van der Waals surface area contributed by atoms with Crippen LogP contribution in [0.3, 0.4) is 0 Å². The Morgan fingerprint density at radius 1 is 1.22 bits per heavy atom. The second-order valence-corrected chi connectivity index (χ2v) is 8.25. The first-order valence-corrected chi connectivity index (χ1v) is 9.52. The van der Waals surface area contributed by atoms with Gasteiger partial charge >= 0.3 is 0 Å². The molecule has 7 heteroatoms. The molecule has 1 aromatic rings. The first-order chi connectivity index (χ1) is 10.9. The zero-order chi connectivity index (χ0) is 16.6. The number of ether oxygens (including phenoxy) is 1. The molecule has 2 unspecified atom stereocenters. The second-order valence-electron chi connectivity index (χ2n) is 6.24. The van der Waals surface area contributed by atoms with E-state index in [2.05, 4.69) is 0 Å². The van der Waals surface area contributed by atoms with Crippen LogP contribution in [0.15, 0.2) is 24.3 Å². The molecule has 23 heavy (non-hydrogen) atoms. The van der Waals surface area contributed by atoms with Gasteiger partial charge in [0, 0.05) is 18.7 Å². The van der Waals surface area contributed by atoms with Crippen LogP contribution in [-0.2, 0) is 14.8 Å². The molecule has 2 atom stereocenters. The lowest BCUT2D eigenvalue weighted by Crippen LogP contribution is -2.50. The predicted octanol–water partition coefficient (Wildman–Crippen LogP) is 1.48. The van der Waals surface area contributed by atoms with Crippen molar-refractivity contribution in [3.05, 3.63) is 29.8 Å². The number of sulfonamides is 1. The molecule has 2 heterocycles. The van der Waals surface area contributed by atoms with Crippen LogP contribution in [0.1, 0.15) is 30.6 Å². The maximum Gasteiger partial charge on any atom is 0.254 e. The van der Waals surface area contributed by atoms with E-state index in [9.17, 15) is 13.2 Å². The molecule has 6 nitrogen and oxygen atoms in total. The highest BCUT2D eigenvalue weighted by Crippen LogP contribution is 2.25. The minimum Gasteiger partial charge on any atom is -0.375 e. The summed E-state index contributed by atoms with van der Waals surface area (Å²) in [5.74, 6) is 0.153. The lowest BCUT2D eigenvalue weighted by atomic mass is 10.1. The van der Waals surface area contributed by atoms with Crippen molar-refractivity contribution in [3.8, 4) is 0 Å². The average Bonchev–Trinajstić information content (AvgIpc) is 2.88. The Morgan fingerprint density at radius 2 is 1.91 bits per heavy atom. The van der Waals surface area contributed by atoms with Crippen LogP contribution in [0.2, 0.25) is 0 Å². The molecule has 0 bridgehead atoms. The van der Waals surface area contributed by atoms with Gasteiger partial charge in [-0.25, -0.2) is 8.42 Å². The summed E-state index contributed by atoms with van der Waals surface area (Å²) in [6.07, 6.45) is 0.677. The highest BCUT2D eigenvalue weighted by molar-refractivity contribution is 7.93. The number of morpholine rings is 1. The fourth-order valence-electron chi connectivity index (χ4n) is 3.05. The molecule has 2 aliphatic heterocycles. The van der Waals surface area contributed by atoms with Gasteiger partial charge in [0.25, 0.3) is 5.91 Å². The van der Waals surface area contributed by atoms with Crippen LogP contribution < -0.4 is 4.31 Å². The molecule has 126 valence electrons. The molecular formula is C16H22N2O4S. The lowest BCUT2D eigenvalue weighted by molar-refractivity contribution is -0.0387. The van der Waals surface area contributed by atoms with Gasteiger partial charge in [0.2, 0.25) is 10.0 Å². The fraction of sp³-hybridized carbons (Fsp3) is 0.562. The number of nitrogens with zero attached hydrogens (tertiary/aromatic N) is 2. The molecule has 2 saturated heterocycles. The average molecular weight is 338 g/mol. The lowest BCUT2D eigenvalue weighted by Gasteiger charge is -2.36. The standard InChI is InChI=1S/C16H22N2O4S/c1-12-11-22-13(2)10-17(12)16(19)14-4-6-15(7-5-14)18-8-3-9-23(18,20)21/h4-7,12-13H,3,8-11H2,1-2H3. The van der Waals surface area contributed by atoms with E-state index in [1.165, 1.54) is 4.31 Å². The third-order valence-electron chi connectivity index (χ3n) is 4.37. The molecule has 1 aromatic carbocycles. The smallest absolute Gasteiger partial charge is 0.254 e. The van der Waals surface area contributed by atoms with E-state index < -0.39 is 10.0 Å². The molecule has 0 N–H and O–H groups in total. The summed E-state index contributed by atoms with van der Waals surface area (Å²) in [6.45, 7) is 5.54. The summed E-state index contributed by atoms with van der Waals surface area (Å²) < 4.78 is 30.9. The number of hydrogen-bond donors (Lipinski definition) is 0. The van der Waals surface area contributed by atoms with Crippen LogP contribution in [0.5, 0.6) is 0 Å². The summed E-state index contributed by atoms with van der Waals surface area (Å²) in [4.78, 5) is 14.5. The second kappa shape index (κ2) is 6.13. The topological polar surface area (TPSA) is 66.9 Å². The molecular weight excluding hydrogens is 316 g/mol. The van der Waals surface area contributed by atoms with Gasteiger partial charge in [-0.2, -0.15) is 0 Å². The zero-order valence-corrected chi connectivity index (χ0v) is 14.3. The Labute approximate surface area is 137 Å². The Balaban J connectivity index is 1.78. The van der Waals surface area contributed by atoms with E-state index in [-0.39, 0.29) is 23.8 Å². The molecule has 0 aliphatic carbocycles. The van der Waals surface area contributed by atoms with Crippen LogP contribution in [0, 0.1) is 0 Å². The van der Waals surface area contributed by atoms with Crippen molar-refractivity contribution in [1.82, 2.24) is 4.90 Å². The summed E-state index contributed by atoms with van der Waals surface area (Å²) in [7, 11) is -3.19. The van der Waals surface area contributed by atoms with Gasteiger partial charge in [-0.3, -0.25) is 9.10 Å². The van der Waals surface area contributed by atoms with E-state index in [0.29, 0.717) is 37.4 Å². The van der Waals surface area contributed by atoms with E-state index in [4.69, 9.17) is 4.74 Å². The predicted molar refractivity (Wildman–Crippen MR) is 88.1 cm³/mol. The molecule has 2 aliphatic rings. The zero-order valence-electron chi connectivity index (χ0n) is 13.4. The van der Waals surface area contributed by atoms with E-state index in [1.807, 2.05) is 18.7 Å². The summed E-state index contributed by atoms with van der Waals surface area (Å²) in [6, 6.07) is 6.88. The fourth-order valence-corrected chi connectivity index (χ4v) is 4.62. The van der Waals surface area contributed by atoms with Gasteiger partial charge in [0.1, 0.15) is 0 Å². The number of amides is 1. The monoisotopic (exact) mass is 338 g/mol. The van der Waals surface area contributed by atoms with Crippen molar-refractivity contribution >= 4 is 21.6 Å². The van der Waals surface area contributed by atoms with Crippen molar-refractivity contribution in [2.24, 2.45) is 0 Å². The van der Waals surface area contributed by atoms with Crippen LogP contribution in [0.25, 0.3) is 0 Å². The van der Waals surface area contributed by atoms with Crippen molar-refractivity contribution in [2.45, 2.75) is 32.4 Å². The number of hydrogen-bond acceptors (Lipinski definition) is 4. The largest absolute Gasteiger partial charge is 0.375 e. The first kappa shape index (κ1) is 16.3. The number of rotatable bonds is 2. The summed E-state index contributed by atoms with van der Waals surface area (Å²) in [5.41, 5.74) is 1.20. The van der Waals surface area contributed by atoms with Gasteiger partial charge < -0.3 is 9.64 Å². The number of anilines is 1. The third-order valence-corrected chi connectivity index (χ3v) is 6.24. The van der Waals surface area contributed by atoms with Crippen molar-refractivity contribution in [3.63, 3.8) is 0 Å². The highest BCUT2D eigenvalue weighted by Gasteiger charge is 2.30. The molecule has 0 radical (unpaired) electrons. The molecule has 2 fully saturated rings. The highest BCUT2D eigenvalue weighted by atomic mass is 32.2. The number of carbonyl (C=O) groups is 1. The third kappa shape index (κ3) is 3.21. The van der Waals surface area contributed by atoms with Crippen LogP contribution in [-0.4, -0.2) is 56.8 Å². The Kier molecular flexibility index (Phi) is 4.33. The van der Waals surface area contributed by atoms with E-state index in [0.717, 1.165) is 0 Å². The van der Waals surface area contributed by atoms with Crippen LogP contribution >= 0.6 is 0 Å². The van der Waals surface area contributed by atoms with Crippen molar-refractivity contribution in [1.29, 1.82) is 0 Å². The maximum atomic E-state index is 12.7. The van der Waals surface area contributed by atoms with Crippen LogP contribution in [0.4, 0.5) is 5.69 Å². The summed E-state index contributed by atoms with van der Waals surface area (Å²) in [5, 5.41) is 0. The first-order valence-electron chi connectivity index (χ1n) is 7.91. The minimum atomic E-state index is -3.19. The van der Waals surface area contributed by atoms with Gasteiger partial charge in [0.05, 0.1) is 30.2 Å². The maximum absolute atomic E-state index is 12.7. The Bertz CT molecular complexity index is 687. The quantitative estimate of drug-likeness (QED) is 0.819. The normalized spacial score (nSPS) is 27.2. The van der Waals surface area contributed by atoms with Gasteiger partial charge in [-0.05, 0) is 44.5 Å². The SMILES string of the molecule is CC1CN(C(=O)c2ccc(N3CCCS3(=O)=O)cc2)C(C)CO1. The van der Waals surface area contributed by atoms with Crippen molar-refractivity contribution in [2.75, 3.05) is 29.8 Å². The molecule has 0 spiro atoms.